The highest BCUT2D eigenvalue weighted by molar-refractivity contribution is 6.32. The minimum Gasteiger partial charge on any atom is -0.489 e. The van der Waals surface area contributed by atoms with Crippen molar-refractivity contribution in [1.82, 2.24) is 5.32 Å². The van der Waals surface area contributed by atoms with E-state index in [1.807, 2.05) is 12.1 Å². The number of nitrogens with one attached hydrogen (secondary N) is 1. The topological polar surface area (TPSA) is 60.0 Å². The van der Waals surface area contributed by atoms with Crippen molar-refractivity contribution in [2.24, 2.45) is 0 Å². The number of aliphatic hydroxyl groups excluding tert-OH is 1. The molecule has 0 fully saturated rings. The van der Waals surface area contributed by atoms with Gasteiger partial charge in [-0.15, -0.1) is 0 Å². The van der Waals surface area contributed by atoms with Gasteiger partial charge in [-0.2, -0.15) is 0 Å². The molecule has 20 heavy (non-hydrogen) atoms. The average Bonchev–Trinajstić information content (AvgIpc) is 2.64. The zero-order chi connectivity index (χ0) is 14.4. The third-order valence-corrected chi connectivity index (χ3v) is 3.21. The fraction of sp³-hybridized carbons (Fsp3) is 0.571. The number of halogens is 1. The highest BCUT2D eigenvalue weighted by Gasteiger charge is 2.15. The largest absolute Gasteiger partial charge is 0.489 e. The van der Waals surface area contributed by atoms with E-state index in [-0.39, 0.29) is 0 Å². The molecule has 0 bridgehead atoms. The van der Waals surface area contributed by atoms with Crippen LogP contribution in [-0.2, 0) is 11.3 Å². The Kier molecular flexibility index (Phi) is 5.91. The number of fused-ring (bicyclic) bond motifs is 1. The summed E-state index contributed by atoms with van der Waals surface area (Å²) in [5.41, 5.74) is 0.990. The lowest BCUT2D eigenvalue weighted by molar-refractivity contribution is 0.0644. The van der Waals surface area contributed by atoms with Crippen LogP contribution >= 0.6 is 11.6 Å². The van der Waals surface area contributed by atoms with E-state index < -0.39 is 6.10 Å². The van der Waals surface area contributed by atoms with E-state index in [1.165, 1.54) is 0 Å². The molecule has 0 saturated carbocycles. The second-order valence-electron chi connectivity index (χ2n) is 4.70. The van der Waals surface area contributed by atoms with Crippen molar-refractivity contribution in [2.45, 2.75) is 19.1 Å². The minimum absolute atomic E-state index is 0.314. The third kappa shape index (κ3) is 4.24. The molecule has 0 aromatic heterocycles. The van der Waals surface area contributed by atoms with E-state index in [9.17, 15) is 5.11 Å². The Bertz CT molecular complexity index is 441. The number of hydrogen-bond donors (Lipinski definition) is 2. The normalized spacial score (nSPS) is 15.8. The molecule has 0 radical (unpaired) electrons. The number of rotatable bonds is 6. The van der Waals surface area contributed by atoms with E-state index in [0.29, 0.717) is 49.4 Å². The summed E-state index contributed by atoms with van der Waals surface area (Å²) < 4.78 is 16.1. The molecule has 6 heteroatoms. The molecule has 1 aliphatic rings. The van der Waals surface area contributed by atoms with E-state index in [1.54, 1.807) is 7.11 Å². The van der Waals surface area contributed by atoms with Crippen molar-refractivity contribution >= 4 is 11.6 Å². The number of hydrogen-bond acceptors (Lipinski definition) is 5. The number of aliphatic hydroxyl groups is 1. The van der Waals surface area contributed by atoms with Crippen molar-refractivity contribution < 1.29 is 19.3 Å². The number of benzene rings is 1. The molecule has 0 aliphatic carbocycles. The van der Waals surface area contributed by atoms with Crippen LogP contribution in [0.25, 0.3) is 0 Å². The van der Waals surface area contributed by atoms with Crippen molar-refractivity contribution in [2.75, 3.05) is 33.5 Å². The van der Waals surface area contributed by atoms with E-state index >= 15 is 0 Å². The molecule has 2 rings (SSSR count). The van der Waals surface area contributed by atoms with Gasteiger partial charge >= 0.3 is 0 Å². The second-order valence-corrected chi connectivity index (χ2v) is 5.10. The lowest BCUT2D eigenvalue weighted by atomic mass is 10.2. The van der Waals surface area contributed by atoms with Gasteiger partial charge < -0.3 is 24.6 Å². The SMILES string of the molecule is COCC(O)CNCc1cc(Cl)c2c(c1)OCCCO2. The van der Waals surface area contributed by atoms with Gasteiger partial charge in [0.05, 0.1) is 30.9 Å². The Hall–Kier alpha value is -1.01. The van der Waals surface area contributed by atoms with E-state index in [0.717, 1.165) is 12.0 Å². The van der Waals surface area contributed by atoms with Crippen LogP contribution in [0.15, 0.2) is 12.1 Å². The molecular formula is C14H20ClNO4. The summed E-state index contributed by atoms with van der Waals surface area (Å²) in [5.74, 6) is 1.30. The quantitative estimate of drug-likeness (QED) is 0.836. The molecule has 0 saturated heterocycles. The zero-order valence-corrected chi connectivity index (χ0v) is 12.3. The van der Waals surface area contributed by atoms with Gasteiger partial charge in [-0.1, -0.05) is 11.6 Å². The van der Waals surface area contributed by atoms with Crippen molar-refractivity contribution in [3.63, 3.8) is 0 Å². The first kappa shape index (κ1) is 15.4. The Morgan fingerprint density at radius 3 is 3.00 bits per heavy atom. The predicted octanol–water partition coefficient (Wildman–Crippen LogP) is 1.60. The van der Waals surface area contributed by atoms with Gasteiger partial charge in [0, 0.05) is 26.6 Å². The zero-order valence-electron chi connectivity index (χ0n) is 11.5. The molecule has 1 unspecified atom stereocenters. The van der Waals surface area contributed by atoms with Gasteiger partial charge in [0.1, 0.15) is 0 Å². The Morgan fingerprint density at radius 2 is 2.20 bits per heavy atom. The van der Waals surface area contributed by atoms with Crippen molar-refractivity contribution in [1.29, 1.82) is 0 Å². The van der Waals surface area contributed by atoms with Gasteiger partial charge in [0.2, 0.25) is 0 Å². The maximum atomic E-state index is 9.55. The first-order chi connectivity index (χ1) is 9.70. The van der Waals surface area contributed by atoms with Crippen LogP contribution in [0.2, 0.25) is 5.02 Å². The fourth-order valence-electron chi connectivity index (χ4n) is 2.02. The molecule has 112 valence electrons. The molecule has 2 N–H and O–H groups in total. The third-order valence-electron chi connectivity index (χ3n) is 2.93. The van der Waals surface area contributed by atoms with E-state index in [2.05, 4.69) is 5.32 Å². The molecule has 1 aromatic carbocycles. The van der Waals surface area contributed by atoms with Crippen LogP contribution in [0.5, 0.6) is 11.5 Å². The fourth-order valence-corrected chi connectivity index (χ4v) is 2.31. The first-order valence-electron chi connectivity index (χ1n) is 6.66. The molecule has 1 aromatic rings. The van der Waals surface area contributed by atoms with Gasteiger partial charge in [0.15, 0.2) is 11.5 Å². The second kappa shape index (κ2) is 7.69. The van der Waals surface area contributed by atoms with Crippen LogP contribution in [0.3, 0.4) is 0 Å². The summed E-state index contributed by atoms with van der Waals surface area (Å²) in [6, 6.07) is 3.77. The monoisotopic (exact) mass is 301 g/mol. The minimum atomic E-state index is -0.518. The molecule has 0 amide bonds. The first-order valence-corrected chi connectivity index (χ1v) is 7.04. The van der Waals surface area contributed by atoms with Gasteiger partial charge in [-0.05, 0) is 17.7 Å². The molecule has 5 nitrogen and oxygen atoms in total. The Morgan fingerprint density at radius 1 is 1.40 bits per heavy atom. The Balaban J connectivity index is 1.95. The molecular weight excluding hydrogens is 282 g/mol. The van der Waals surface area contributed by atoms with Crippen molar-refractivity contribution in [3.05, 3.63) is 22.7 Å². The van der Waals surface area contributed by atoms with Crippen LogP contribution in [0.4, 0.5) is 0 Å². The van der Waals surface area contributed by atoms with Crippen molar-refractivity contribution in [3.8, 4) is 11.5 Å². The summed E-state index contributed by atoms with van der Waals surface area (Å²) in [6.07, 6.45) is 0.331. The van der Waals surface area contributed by atoms with Gasteiger partial charge in [-0.3, -0.25) is 0 Å². The maximum Gasteiger partial charge on any atom is 0.179 e. The smallest absolute Gasteiger partial charge is 0.179 e. The molecule has 1 aliphatic heterocycles. The van der Waals surface area contributed by atoms with Crippen LogP contribution in [0.1, 0.15) is 12.0 Å². The molecule has 1 heterocycles. The van der Waals surface area contributed by atoms with Gasteiger partial charge in [0.25, 0.3) is 0 Å². The van der Waals surface area contributed by atoms with Gasteiger partial charge in [-0.25, -0.2) is 0 Å². The highest BCUT2D eigenvalue weighted by atomic mass is 35.5. The summed E-state index contributed by atoms with van der Waals surface area (Å²) >= 11 is 6.21. The summed E-state index contributed by atoms with van der Waals surface area (Å²) in [5, 5.41) is 13.3. The Labute approximate surface area is 123 Å². The van der Waals surface area contributed by atoms with E-state index in [4.69, 9.17) is 25.8 Å². The molecule has 1 atom stereocenters. The average molecular weight is 302 g/mol. The number of ether oxygens (including phenoxy) is 3. The summed E-state index contributed by atoms with van der Waals surface area (Å²) in [7, 11) is 1.56. The molecule has 0 spiro atoms. The lowest BCUT2D eigenvalue weighted by Gasteiger charge is -2.13. The number of methoxy groups -OCH3 is 1. The highest BCUT2D eigenvalue weighted by Crippen LogP contribution is 2.37. The van der Waals surface area contributed by atoms with Crippen LogP contribution < -0.4 is 14.8 Å². The van der Waals surface area contributed by atoms with Crippen LogP contribution in [-0.4, -0.2) is 44.7 Å². The summed E-state index contributed by atoms with van der Waals surface area (Å²) in [6.45, 7) is 2.62. The standard InChI is InChI=1S/C14H20ClNO4/c1-18-9-11(17)8-16-7-10-5-12(15)14-13(6-10)19-3-2-4-20-14/h5-6,11,16-17H,2-4,7-9H2,1H3. The lowest BCUT2D eigenvalue weighted by Crippen LogP contribution is -2.29. The predicted molar refractivity (Wildman–Crippen MR) is 76.6 cm³/mol. The maximum absolute atomic E-state index is 9.55. The summed E-state index contributed by atoms with van der Waals surface area (Å²) in [4.78, 5) is 0. The van der Waals surface area contributed by atoms with Crippen LogP contribution in [0, 0.1) is 0 Å².